The number of hydrogen-bond donors (Lipinski definition) is 3. The monoisotopic (exact) mass is 904 g/mol. The zero-order chi connectivity index (χ0) is 45.2. The third-order valence-corrected chi connectivity index (χ3v) is 15.3. The first-order valence-corrected chi connectivity index (χ1v) is 23.1. The number of rotatable bonds is 10. The first-order chi connectivity index (χ1) is 30.6. The summed E-state index contributed by atoms with van der Waals surface area (Å²) in [6.45, 7) is 15.4. The molecule has 7 heterocycles. The maximum Gasteiger partial charge on any atom is 0.417 e. The van der Waals surface area contributed by atoms with Crippen LogP contribution in [0.5, 0.6) is 0 Å². The lowest BCUT2D eigenvalue weighted by atomic mass is 9.72. The minimum atomic E-state index is -5.07. The molecule has 9 rings (SSSR count). The van der Waals surface area contributed by atoms with Crippen molar-refractivity contribution >= 4 is 52.3 Å². The number of nitrogens with one attached hydrogen (secondary N) is 3. The number of halogens is 5. The Kier molecular flexibility index (Phi) is 11.8. The summed E-state index contributed by atoms with van der Waals surface area (Å²) in [7, 11) is 0. The number of fused-ring (bicyclic) bond motifs is 3. The second-order valence-electron chi connectivity index (χ2n) is 18.7. The number of carbonyl (C=O) groups excluding carboxylic acids is 1. The van der Waals surface area contributed by atoms with Crippen molar-refractivity contribution in [3.63, 3.8) is 0 Å². The van der Waals surface area contributed by atoms with Gasteiger partial charge in [0.15, 0.2) is 17.4 Å². The molecule has 340 valence electrons. The molecule has 4 unspecified atom stereocenters. The Morgan fingerprint density at radius 2 is 1.84 bits per heavy atom. The summed E-state index contributed by atoms with van der Waals surface area (Å²) in [6, 6.07) is 7.06. The maximum absolute atomic E-state index is 17.5. The summed E-state index contributed by atoms with van der Waals surface area (Å²) in [6.07, 6.45) is 0.548. The van der Waals surface area contributed by atoms with Crippen molar-refractivity contribution in [1.29, 1.82) is 10.7 Å². The van der Waals surface area contributed by atoms with E-state index in [1.165, 1.54) is 0 Å². The standard InChI is InChI=1S/C46H53F5N10O2S/c1-25(2)36(44(62)61-14-5-6-26(61)3)34-19-35(57-63-34)60-23-45(24-60)11-15-58(16-12-45)17-13-55-40-30(43(54-4)59-21-27-7-8-28(22-59)56-27)18-32(46(49,50)51)38(39(40)48)29-9-10-33(47)41-37(29)31(20-52)42(53)64-41/h9-10,18-19,25-28,36,53,55-56H,4-8,11-17,21-24H2,1-3H3/b38-29+,43-30+,53-42?. The molecule has 64 heavy (non-hydrogen) atoms. The van der Waals surface area contributed by atoms with Crippen LogP contribution in [0.3, 0.4) is 0 Å². The minimum absolute atomic E-state index is 0.0514. The first kappa shape index (κ1) is 44.2. The molecule has 6 aliphatic heterocycles. The van der Waals surface area contributed by atoms with Gasteiger partial charge in [0.1, 0.15) is 28.7 Å². The van der Waals surface area contributed by atoms with Gasteiger partial charge in [0.25, 0.3) is 0 Å². The summed E-state index contributed by atoms with van der Waals surface area (Å²) in [5.41, 5.74) is -1.74. The number of carbonyl (C=O) groups is 1. The van der Waals surface area contributed by atoms with Gasteiger partial charge in [-0.15, -0.1) is 0 Å². The molecule has 4 atom stereocenters. The van der Waals surface area contributed by atoms with Gasteiger partial charge in [-0.1, -0.05) is 36.8 Å². The molecule has 2 aromatic carbocycles. The van der Waals surface area contributed by atoms with E-state index in [0.29, 0.717) is 37.2 Å². The average Bonchev–Trinajstić information content (AvgIpc) is 4.05. The van der Waals surface area contributed by atoms with E-state index < -0.39 is 34.5 Å². The Labute approximate surface area is 372 Å². The number of hydrogen-bond acceptors (Lipinski definition) is 12. The Balaban J connectivity index is 0.967. The predicted octanol–water partition coefficient (Wildman–Crippen LogP) is 5.98. The fraction of sp³-hybridized carbons (Fsp3) is 0.543. The number of anilines is 2. The quantitative estimate of drug-likeness (QED) is 0.165. The van der Waals surface area contributed by atoms with Crippen LogP contribution >= 0.6 is 11.8 Å². The smallest absolute Gasteiger partial charge is 0.381 e. The summed E-state index contributed by atoms with van der Waals surface area (Å²) < 4.78 is 84.1. The lowest BCUT2D eigenvalue weighted by Crippen LogP contribution is -2.60. The van der Waals surface area contributed by atoms with Crippen LogP contribution in [0.15, 0.2) is 38.7 Å². The van der Waals surface area contributed by atoms with Crippen molar-refractivity contribution in [3.05, 3.63) is 68.1 Å². The number of benzene rings is 2. The molecular formula is C46H53F5N10O2S. The Hall–Kier alpha value is -4.99. The van der Waals surface area contributed by atoms with Crippen LogP contribution in [0.1, 0.15) is 76.5 Å². The molecule has 6 aliphatic rings. The number of alkyl halides is 3. The normalized spacial score (nSPS) is 24.6. The summed E-state index contributed by atoms with van der Waals surface area (Å²) >= 11 is 0.622. The molecule has 1 amide bonds. The second kappa shape index (κ2) is 17.1. The highest BCUT2D eigenvalue weighted by molar-refractivity contribution is 8.15. The van der Waals surface area contributed by atoms with Gasteiger partial charge < -0.3 is 34.8 Å². The van der Waals surface area contributed by atoms with Gasteiger partial charge in [-0.2, -0.15) is 18.4 Å². The highest BCUT2D eigenvalue weighted by Gasteiger charge is 2.46. The number of aliphatic imine (C=N–C) groups is 1. The summed E-state index contributed by atoms with van der Waals surface area (Å²) in [5.74, 6) is -0.821. The molecule has 0 saturated carbocycles. The number of piperazine rings is 1. The van der Waals surface area contributed by atoms with E-state index in [-0.39, 0.29) is 84.6 Å². The van der Waals surface area contributed by atoms with Crippen LogP contribution in [0.25, 0.3) is 11.4 Å². The van der Waals surface area contributed by atoms with E-state index in [9.17, 15) is 10.1 Å². The van der Waals surface area contributed by atoms with Crippen molar-refractivity contribution < 1.29 is 31.3 Å². The van der Waals surface area contributed by atoms with E-state index >= 15 is 22.0 Å². The number of aromatic nitrogens is 1. The largest absolute Gasteiger partial charge is 0.417 e. The molecule has 5 saturated heterocycles. The van der Waals surface area contributed by atoms with Gasteiger partial charge >= 0.3 is 6.18 Å². The van der Waals surface area contributed by atoms with Gasteiger partial charge in [-0.05, 0) is 88.5 Å². The lowest BCUT2D eigenvalue weighted by Gasteiger charge is -2.54. The minimum Gasteiger partial charge on any atom is -0.381 e. The predicted molar refractivity (Wildman–Crippen MR) is 235 cm³/mol. The van der Waals surface area contributed by atoms with E-state index in [0.717, 1.165) is 95.3 Å². The van der Waals surface area contributed by atoms with Gasteiger partial charge in [0.2, 0.25) is 5.91 Å². The number of piperidine rings is 1. The van der Waals surface area contributed by atoms with Crippen LogP contribution in [-0.2, 0) is 11.0 Å². The van der Waals surface area contributed by atoms with Crippen LogP contribution < -0.4 is 26.0 Å². The topological polar surface area (TPSA) is 140 Å². The molecule has 5 fully saturated rings. The van der Waals surface area contributed by atoms with E-state index in [4.69, 9.17) is 9.93 Å². The molecule has 3 aromatic rings. The number of thioether (sulfide) groups is 1. The highest BCUT2D eigenvalue weighted by atomic mass is 32.2. The van der Waals surface area contributed by atoms with Crippen LogP contribution in [0.4, 0.5) is 33.5 Å². The third kappa shape index (κ3) is 7.95. The van der Waals surface area contributed by atoms with Crippen molar-refractivity contribution in [1.82, 2.24) is 25.2 Å². The summed E-state index contributed by atoms with van der Waals surface area (Å²) in [5, 5.41) is 27.5. The number of likely N-dealkylation sites (tertiary alicyclic amines) is 3. The van der Waals surface area contributed by atoms with Gasteiger partial charge in [-0.3, -0.25) is 10.2 Å². The molecule has 0 radical (unpaired) electrons. The molecule has 3 N–H and O–H groups in total. The van der Waals surface area contributed by atoms with Gasteiger partial charge in [0, 0.05) is 91.1 Å². The molecule has 1 spiro atoms. The summed E-state index contributed by atoms with van der Waals surface area (Å²) in [4.78, 5) is 25.9. The fourth-order valence-corrected chi connectivity index (χ4v) is 11.8. The van der Waals surface area contributed by atoms with Gasteiger partial charge in [0.05, 0.1) is 21.7 Å². The van der Waals surface area contributed by atoms with E-state index in [1.807, 2.05) is 35.8 Å². The Bertz CT molecular complexity index is 2640. The number of nitriles is 1. The fourth-order valence-electron chi connectivity index (χ4n) is 10.9. The Morgan fingerprint density at radius 3 is 2.47 bits per heavy atom. The van der Waals surface area contributed by atoms with Crippen LogP contribution in [-0.4, -0.2) is 115 Å². The molecule has 1 aromatic heterocycles. The molecule has 2 bridgehead atoms. The number of nitrogens with zero attached hydrogens (tertiary/aromatic N) is 7. The van der Waals surface area contributed by atoms with Crippen molar-refractivity contribution in [2.45, 2.75) is 94.4 Å². The first-order valence-electron chi connectivity index (χ1n) is 22.2. The van der Waals surface area contributed by atoms with Crippen molar-refractivity contribution in [3.8, 4) is 6.07 Å². The second-order valence-corrected chi connectivity index (χ2v) is 19.8. The number of amides is 1. The molecular weight excluding hydrogens is 852 g/mol. The zero-order valence-electron chi connectivity index (χ0n) is 36.3. The average molecular weight is 905 g/mol. The van der Waals surface area contributed by atoms with Gasteiger partial charge in [-0.25, -0.2) is 13.8 Å². The molecule has 0 aliphatic carbocycles. The van der Waals surface area contributed by atoms with E-state index in [2.05, 4.69) is 44.2 Å². The van der Waals surface area contributed by atoms with Crippen molar-refractivity contribution in [2.75, 3.05) is 69.1 Å². The lowest BCUT2D eigenvalue weighted by molar-refractivity contribution is -0.138. The molecule has 18 heteroatoms. The SMILES string of the molecule is C=N/C(=c1/cc(C(F)(F)F)/c(=c2/ccc(F)c3c2=C(C#N)C(=N)S3)c(F)c1NCCN1CCC2(CC1)CN(c1cc(C(C(=O)N3CCCC3C)C(C)C)on1)C2)N1CC2CCC(C1)N2. The Morgan fingerprint density at radius 1 is 1.12 bits per heavy atom. The van der Waals surface area contributed by atoms with Crippen molar-refractivity contribution in [2.24, 2.45) is 16.3 Å². The highest BCUT2D eigenvalue weighted by Crippen LogP contribution is 2.43. The van der Waals surface area contributed by atoms with E-state index in [1.54, 1.807) is 0 Å². The molecule has 12 nitrogen and oxygen atoms in total. The third-order valence-electron chi connectivity index (χ3n) is 14.3. The zero-order valence-corrected chi connectivity index (χ0v) is 37.1. The van der Waals surface area contributed by atoms with Crippen LogP contribution in [0, 0.1) is 50.1 Å². The van der Waals surface area contributed by atoms with Crippen LogP contribution in [0.2, 0.25) is 0 Å². The maximum atomic E-state index is 17.5.